The van der Waals surface area contributed by atoms with Crippen LogP contribution in [0.4, 0.5) is 11.4 Å². The largest absolute Gasteiger partial charge is 0.318 e. The van der Waals surface area contributed by atoms with Crippen LogP contribution in [0.2, 0.25) is 0 Å². The molecule has 4 nitrogen and oxygen atoms in total. The molecule has 2 amide bonds. The minimum absolute atomic E-state index is 0.654. The van der Waals surface area contributed by atoms with Gasteiger partial charge in [-0.15, -0.1) is 0 Å². The minimum atomic E-state index is -0.672. The van der Waals surface area contributed by atoms with Crippen molar-refractivity contribution < 1.29 is 9.59 Å². The van der Waals surface area contributed by atoms with Crippen LogP contribution in [0.5, 0.6) is 0 Å². The maximum absolute atomic E-state index is 12.1. The van der Waals surface area contributed by atoms with E-state index >= 15 is 0 Å². The number of amides is 2. The SMILES string of the molecule is Cc1ccc(C)c(NC(=O)C(=O)Nc2cc(C)ccc2C)c1. The van der Waals surface area contributed by atoms with Crippen LogP contribution in [0, 0.1) is 27.7 Å². The first-order chi connectivity index (χ1) is 10.4. The summed E-state index contributed by atoms with van der Waals surface area (Å²) in [6, 6.07) is 11.4. The number of rotatable bonds is 2. The summed E-state index contributed by atoms with van der Waals surface area (Å²) in [5, 5.41) is 5.31. The van der Waals surface area contributed by atoms with E-state index in [1.165, 1.54) is 0 Å². The highest BCUT2D eigenvalue weighted by atomic mass is 16.2. The van der Waals surface area contributed by atoms with Crippen LogP contribution < -0.4 is 10.6 Å². The highest BCUT2D eigenvalue weighted by molar-refractivity contribution is 6.43. The number of carbonyl (C=O) groups is 2. The molecule has 0 spiro atoms. The van der Waals surface area contributed by atoms with Crippen molar-refractivity contribution in [2.75, 3.05) is 10.6 Å². The smallest absolute Gasteiger partial charge is 0.314 e. The van der Waals surface area contributed by atoms with Crippen LogP contribution in [0.1, 0.15) is 22.3 Å². The Morgan fingerprint density at radius 2 is 1.05 bits per heavy atom. The summed E-state index contributed by atoms with van der Waals surface area (Å²) in [7, 11) is 0. The Labute approximate surface area is 130 Å². The Morgan fingerprint density at radius 3 is 1.41 bits per heavy atom. The van der Waals surface area contributed by atoms with Gasteiger partial charge >= 0.3 is 11.8 Å². The van der Waals surface area contributed by atoms with Gasteiger partial charge in [0.15, 0.2) is 0 Å². The number of hydrogen-bond acceptors (Lipinski definition) is 2. The van der Waals surface area contributed by atoms with Crippen LogP contribution >= 0.6 is 0 Å². The van der Waals surface area contributed by atoms with Gasteiger partial charge in [0.1, 0.15) is 0 Å². The Morgan fingerprint density at radius 1 is 0.682 bits per heavy atom. The normalized spacial score (nSPS) is 10.2. The van der Waals surface area contributed by atoms with E-state index in [0.29, 0.717) is 11.4 Å². The number of carbonyl (C=O) groups excluding carboxylic acids is 2. The molecule has 2 aromatic carbocycles. The number of aryl methyl sites for hydroxylation is 4. The lowest BCUT2D eigenvalue weighted by atomic mass is 10.1. The molecule has 114 valence electrons. The molecule has 2 rings (SSSR count). The van der Waals surface area contributed by atoms with Gasteiger partial charge in [0, 0.05) is 11.4 Å². The molecule has 4 heteroatoms. The zero-order valence-electron chi connectivity index (χ0n) is 13.3. The van der Waals surface area contributed by atoms with Gasteiger partial charge in [0.05, 0.1) is 0 Å². The Balaban J connectivity index is 2.11. The van der Waals surface area contributed by atoms with Crippen molar-refractivity contribution in [1.82, 2.24) is 0 Å². The van der Waals surface area contributed by atoms with Gasteiger partial charge in [0.2, 0.25) is 0 Å². The summed E-state index contributed by atoms with van der Waals surface area (Å²) in [5.74, 6) is -1.34. The number of hydrogen-bond donors (Lipinski definition) is 2. The van der Waals surface area contributed by atoms with Crippen molar-refractivity contribution in [3.05, 3.63) is 58.7 Å². The van der Waals surface area contributed by atoms with E-state index in [1.54, 1.807) is 0 Å². The quantitative estimate of drug-likeness (QED) is 0.833. The highest BCUT2D eigenvalue weighted by Gasteiger charge is 2.16. The van der Waals surface area contributed by atoms with Crippen LogP contribution in [-0.2, 0) is 9.59 Å². The van der Waals surface area contributed by atoms with Crippen molar-refractivity contribution in [2.45, 2.75) is 27.7 Å². The maximum atomic E-state index is 12.1. The molecular formula is C18H20N2O2. The molecule has 0 saturated carbocycles. The average Bonchev–Trinajstić information content (AvgIpc) is 2.46. The topological polar surface area (TPSA) is 58.2 Å². The van der Waals surface area contributed by atoms with Gasteiger partial charge in [-0.05, 0) is 62.1 Å². The van der Waals surface area contributed by atoms with E-state index in [1.807, 2.05) is 64.1 Å². The minimum Gasteiger partial charge on any atom is -0.318 e. The molecule has 0 atom stereocenters. The lowest BCUT2D eigenvalue weighted by Crippen LogP contribution is -2.29. The molecule has 22 heavy (non-hydrogen) atoms. The zero-order chi connectivity index (χ0) is 16.3. The van der Waals surface area contributed by atoms with Crippen LogP contribution in [0.25, 0.3) is 0 Å². The summed E-state index contributed by atoms with van der Waals surface area (Å²) < 4.78 is 0. The van der Waals surface area contributed by atoms with E-state index in [4.69, 9.17) is 0 Å². The van der Waals surface area contributed by atoms with Crippen molar-refractivity contribution in [2.24, 2.45) is 0 Å². The summed E-state index contributed by atoms with van der Waals surface area (Å²) in [5.41, 5.74) is 5.19. The van der Waals surface area contributed by atoms with E-state index in [2.05, 4.69) is 10.6 Å². The fraction of sp³-hybridized carbons (Fsp3) is 0.222. The van der Waals surface area contributed by atoms with Crippen molar-refractivity contribution in [3.63, 3.8) is 0 Å². The second kappa shape index (κ2) is 6.43. The van der Waals surface area contributed by atoms with Gasteiger partial charge in [-0.3, -0.25) is 9.59 Å². The molecule has 0 aliphatic rings. The second-order valence-corrected chi connectivity index (χ2v) is 5.54. The lowest BCUT2D eigenvalue weighted by Gasteiger charge is -2.11. The van der Waals surface area contributed by atoms with Gasteiger partial charge in [-0.25, -0.2) is 0 Å². The molecule has 0 unspecified atom stereocenters. The van der Waals surface area contributed by atoms with Crippen LogP contribution in [-0.4, -0.2) is 11.8 Å². The first kappa shape index (κ1) is 15.8. The van der Waals surface area contributed by atoms with E-state index in [9.17, 15) is 9.59 Å². The lowest BCUT2D eigenvalue weighted by molar-refractivity contribution is -0.133. The van der Waals surface area contributed by atoms with Crippen molar-refractivity contribution >= 4 is 23.2 Å². The molecule has 0 heterocycles. The molecule has 0 bridgehead atoms. The highest BCUT2D eigenvalue weighted by Crippen LogP contribution is 2.18. The van der Waals surface area contributed by atoms with Gasteiger partial charge in [-0.1, -0.05) is 24.3 Å². The number of benzene rings is 2. The number of nitrogens with one attached hydrogen (secondary N) is 2. The molecular weight excluding hydrogens is 276 g/mol. The predicted octanol–water partition coefficient (Wildman–Crippen LogP) is 3.50. The van der Waals surface area contributed by atoms with Crippen LogP contribution in [0.3, 0.4) is 0 Å². The Bertz CT molecular complexity index is 672. The standard InChI is InChI=1S/C18H20N2O2/c1-11-5-7-13(3)15(9-11)19-17(21)18(22)20-16-10-12(2)6-8-14(16)4/h5-10H,1-4H3,(H,19,21)(H,20,22). The third-order valence-electron chi connectivity index (χ3n) is 3.49. The molecule has 0 fully saturated rings. The maximum Gasteiger partial charge on any atom is 0.314 e. The van der Waals surface area contributed by atoms with Gasteiger partial charge < -0.3 is 10.6 Å². The summed E-state index contributed by atoms with van der Waals surface area (Å²) >= 11 is 0. The zero-order valence-corrected chi connectivity index (χ0v) is 13.3. The Hall–Kier alpha value is -2.62. The Kier molecular flexibility index (Phi) is 4.61. The molecule has 0 aromatic heterocycles. The molecule has 0 aliphatic heterocycles. The third-order valence-corrected chi connectivity index (χ3v) is 3.49. The van der Waals surface area contributed by atoms with Crippen LogP contribution in [0.15, 0.2) is 36.4 Å². The van der Waals surface area contributed by atoms with E-state index < -0.39 is 11.8 Å². The third kappa shape index (κ3) is 3.73. The molecule has 2 aromatic rings. The van der Waals surface area contributed by atoms with Crippen molar-refractivity contribution in [1.29, 1.82) is 0 Å². The molecule has 0 radical (unpaired) electrons. The predicted molar refractivity (Wildman–Crippen MR) is 89.1 cm³/mol. The monoisotopic (exact) mass is 296 g/mol. The van der Waals surface area contributed by atoms with Gasteiger partial charge in [0.25, 0.3) is 0 Å². The van der Waals surface area contributed by atoms with Crippen molar-refractivity contribution in [3.8, 4) is 0 Å². The summed E-state index contributed by atoms with van der Waals surface area (Å²) in [4.78, 5) is 24.1. The fourth-order valence-corrected chi connectivity index (χ4v) is 2.10. The van der Waals surface area contributed by atoms with E-state index in [-0.39, 0.29) is 0 Å². The van der Waals surface area contributed by atoms with E-state index in [0.717, 1.165) is 22.3 Å². The molecule has 0 saturated heterocycles. The molecule has 0 aliphatic carbocycles. The molecule has 2 N–H and O–H groups in total. The fourth-order valence-electron chi connectivity index (χ4n) is 2.10. The average molecular weight is 296 g/mol. The summed E-state index contributed by atoms with van der Waals surface area (Å²) in [6.07, 6.45) is 0. The van der Waals surface area contributed by atoms with Gasteiger partial charge in [-0.2, -0.15) is 0 Å². The number of anilines is 2. The first-order valence-corrected chi connectivity index (χ1v) is 7.13. The summed E-state index contributed by atoms with van der Waals surface area (Å²) in [6.45, 7) is 7.64. The second-order valence-electron chi connectivity index (χ2n) is 5.54. The first-order valence-electron chi connectivity index (χ1n) is 7.13.